The Balaban J connectivity index is 2.29. The summed E-state index contributed by atoms with van der Waals surface area (Å²) in [6, 6.07) is 5.74. The maximum absolute atomic E-state index is 13.2. The minimum Gasteiger partial charge on any atom is -0.327 e. The summed E-state index contributed by atoms with van der Waals surface area (Å²) in [6.45, 7) is 6.24. The minimum absolute atomic E-state index is 0.120. The summed E-state index contributed by atoms with van der Waals surface area (Å²) in [5.74, 6) is 0.373. The highest BCUT2D eigenvalue weighted by Crippen LogP contribution is 2.53. The Morgan fingerprint density at radius 2 is 2.19 bits per heavy atom. The van der Waals surface area contributed by atoms with Crippen LogP contribution in [0.5, 0.6) is 0 Å². The summed E-state index contributed by atoms with van der Waals surface area (Å²) in [5, 5.41) is 0. The van der Waals surface area contributed by atoms with Gasteiger partial charge in [0.2, 0.25) is 0 Å². The van der Waals surface area contributed by atoms with Crippen molar-refractivity contribution in [3.8, 4) is 0 Å². The van der Waals surface area contributed by atoms with E-state index in [4.69, 9.17) is 5.73 Å². The molecule has 2 rings (SSSR count). The topological polar surface area (TPSA) is 26.0 Å². The largest absolute Gasteiger partial charge is 0.327 e. The van der Waals surface area contributed by atoms with Gasteiger partial charge in [-0.2, -0.15) is 0 Å². The molecule has 3 unspecified atom stereocenters. The van der Waals surface area contributed by atoms with Crippen molar-refractivity contribution in [2.24, 2.45) is 11.1 Å². The molecule has 1 aromatic carbocycles. The summed E-state index contributed by atoms with van der Waals surface area (Å²) in [4.78, 5) is 0. The van der Waals surface area contributed by atoms with Crippen LogP contribution >= 0.6 is 0 Å². The predicted octanol–water partition coefficient (Wildman–Crippen LogP) is 3.37. The first kappa shape index (κ1) is 11.6. The van der Waals surface area contributed by atoms with Crippen LogP contribution in [0, 0.1) is 18.2 Å². The zero-order valence-corrected chi connectivity index (χ0v) is 10.3. The first-order valence-electron chi connectivity index (χ1n) is 6.00. The van der Waals surface area contributed by atoms with E-state index in [9.17, 15) is 4.39 Å². The molecule has 1 fully saturated rings. The lowest BCUT2D eigenvalue weighted by Gasteiger charge is -2.53. The number of nitrogens with two attached hydrogens (primary N) is 1. The second-order valence-electron chi connectivity index (χ2n) is 5.26. The molecular formula is C14H20FN. The van der Waals surface area contributed by atoms with E-state index in [1.165, 1.54) is 5.56 Å². The van der Waals surface area contributed by atoms with E-state index in [1.54, 1.807) is 6.07 Å². The molecule has 0 bridgehead atoms. The lowest BCUT2D eigenvalue weighted by Crippen LogP contribution is -2.54. The maximum Gasteiger partial charge on any atom is 0.126 e. The molecule has 2 heteroatoms. The van der Waals surface area contributed by atoms with E-state index in [2.05, 4.69) is 13.8 Å². The van der Waals surface area contributed by atoms with E-state index in [0.717, 1.165) is 18.4 Å². The van der Waals surface area contributed by atoms with Gasteiger partial charge in [0.25, 0.3) is 0 Å². The predicted molar refractivity (Wildman–Crippen MR) is 64.9 cm³/mol. The van der Waals surface area contributed by atoms with Gasteiger partial charge < -0.3 is 5.73 Å². The third-order valence-electron chi connectivity index (χ3n) is 4.48. The minimum atomic E-state index is -0.120. The van der Waals surface area contributed by atoms with E-state index in [1.807, 2.05) is 19.1 Å². The second kappa shape index (κ2) is 3.85. The molecule has 88 valence electrons. The summed E-state index contributed by atoms with van der Waals surface area (Å²) < 4.78 is 13.2. The first-order chi connectivity index (χ1) is 7.49. The van der Waals surface area contributed by atoms with E-state index in [0.29, 0.717) is 5.92 Å². The van der Waals surface area contributed by atoms with Crippen LogP contribution in [0.3, 0.4) is 0 Å². The van der Waals surface area contributed by atoms with Crippen molar-refractivity contribution in [1.82, 2.24) is 0 Å². The third-order valence-corrected chi connectivity index (χ3v) is 4.48. The van der Waals surface area contributed by atoms with Gasteiger partial charge in [0.1, 0.15) is 5.82 Å². The fraction of sp³-hybridized carbons (Fsp3) is 0.571. The number of rotatable bonds is 2. The molecule has 0 amide bonds. The molecule has 2 N–H and O–H groups in total. The molecule has 3 atom stereocenters. The van der Waals surface area contributed by atoms with Gasteiger partial charge >= 0.3 is 0 Å². The average Bonchev–Trinajstić information content (AvgIpc) is 2.28. The normalized spacial score (nSPS) is 33.6. The van der Waals surface area contributed by atoms with Gasteiger partial charge in [0, 0.05) is 6.04 Å². The molecule has 1 aliphatic rings. The molecule has 0 heterocycles. The van der Waals surface area contributed by atoms with Crippen molar-refractivity contribution in [3.05, 3.63) is 35.1 Å². The molecule has 0 radical (unpaired) electrons. The van der Waals surface area contributed by atoms with Crippen LogP contribution in [-0.2, 0) is 0 Å². The molecule has 1 nitrogen and oxygen atoms in total. The monoisotopic (exact) mass is 221 g/mol. The first-order valence-corrected chi connectivity index (χ1v) is 6.00. The molecule has 0 saturated heterocycles. The fourth-order valence-corrected chi connectivity index (χ4v) is 2.80. The fourth-order valence-electron chi connectivity index (χ4n) is 2.80. The number of hydrogen-bond donors (Lipinski definition) is 1. The van der Waals surface area contributed by atoms with Crippen LogP contribution in [0.4, 0.5) is 4.39 Å². The third kappa shape index (κ3) is 1.56. The number of hydrogen-bond acceptors (Lipinski definition) is 1. The van der Waals surface area contributed by atoms with Gasteiger partial charge in [0.15, 0.2) is 0 Å². The SMILES string of the molecule is CCC1(C)C(N)CC1c1ccc(F)c(C)c1. The number of halogens is 1. The molecule has 16 heavy (non-hydrogen) atoms. The van der Waals surface area contributed by atoms with Crippen LogP contribution in [0.15, 0.2) is 18.2 Å². The number of benzene rings is 1. The van der Waals surface area contributed by atoms with Crippen molar-refractivity contribution >= 4 is 0 Å². The van der Waals surface area contributed by atoms with Crippen LogP contribution in [0.1, 0.15) is 43.7 Å². The summed E-state index contributed by atoms with van der Waals surface area (Å²) in [6.07, 6.45) is 2.10. The lowest BCUT2D eigenvalue weighted by molar-refractivity contribution is 0.0705. The Kier molecular flexibility index (Phi) is 2.79. The van der Waals surface area contributed by atoms with Gasteiger partial charge in [-0.15, -0.1) is 0 Å². The van der Waals surface area contributed by atoms with Gasteiger partial charge in [-0.1, -0.05) is 26.0 Å². The van der Waals surface area contributed by atoms with Gasteiger partial charge in [-0.3, -0.25) is 0 Å². The van der Waals surface area contributed by atoms with Crippen LogP contribution in [0.2, 0.25) is 0 Å². The van der Waals surface area contributed by atoms with Crippen LogP contribution in [-0.4, -0.2) is 6.04 Å². The maximum atomic E-state index is 13.2. The Hall–Kier alpha value is -0.890. The van der Waals surface area contributed by atoms with Crippen molar-refractivity contribution in [1.29, 1.82) is 0 Å². The van der Waals surface area contributed by atoms with Crippen molar-refractivity contribution in [2.45, 2.75) is 45.6 Å². The smallest absolute Gasteiger partial charge is 0.126 e. The second-order valence-corrected chi connectivity index (χ2v) is 5.26. The highest BCUT2D eigenvalue weighted by atomic mass is 19.1. The summed E-state index contributed by atoms with van der Waals surface area (Å²) >= 11 is 0. The quantitative estimate of drug-likeness (QED) is 0.814. The summed E-state index contributed by atoms with van der Waals surface area (Å²) in [5.41, 5.74) is 8.25. The molecule has 0 aromatic heterocycles. The van der Waals surface area contributed by atoms with Gasteiger partial charge in [-0.05, 0) is 48.3 Å². The Morgan fingerprint density at radius 1 is 1.50 bits per heavy atom. The molecular weight excluding hydrogens is 201 g/mol. The van der Waals surface area contributed by atoms with Crippen molar-refractivity contribution in [3.63, 3.8) is 0 Å². The zero-order valence-electron chi connectivity index (χ0n) is 10.3. The van der Waals surface area contributed by atoms with Crippen molar-refractivity contribution in [2.75, 3.05) is 0 Å². The highest BCUT2D eigenvalue weighted by molar-refractivity contribution is 5.31. The van der Waals surface area contributed by atoms with Crippen LogP contribution < -0.4 is 5.73 Å². The molecule has 1 aliphatic carbocycles. The molecule has 0 aliphatic heterocycles. The molecule has 1 saturated carbocycles. The highest BCUT2D eigenvalue weighted by Gasteiger charge is 2.48. The van der Waals surface area contributed by atoms with Gasteiger partial charge in [0.05, 0.1) is 0 Å². The Bertz CT molecular complexity index is 402. The standard InChI is InChI=1S/C14H20FN/c1-4-14(3)11(8-13(14)16)10-5-6-12(15)9(2)7-10/h5-7,11,13H,4,8,16H2,1-3H3. The summed E-state index contributed by atoms with van der Waals surface area (Å²) in [7, 11) is 0. The number of aryl methyl sites for hydroxylation is 1. The lowest BCUT2D eigenvalue weighted by atomic mass is 9.54. The zero-order chi connectivity index (χ0) is 11.9. The van der Waals surface area contributed by atoms with E-state index >= 15 is 0 Å². The average molecular weight is 221 g/mol. The van der Waals surface area contributed by atoms with Crippen LogP contribution in [0.25, 0.3) is 0 Å². The Morgan fingerprint density at radius 3 is 2.69 bits per heavy atom. The van der Waals surface area contributed by atoms with E-state index in [-0.39, 0.29) is 17.3 Å². The van der Waals surface area contributed by atoms with Crippen molar-refractivity contribution < 1.29 is 4.39 Å². The van der Waals surface area contributed by atoms with E-state index < -0.39 is 0 Å². The molecule has 0 spiro atoms. The molecule has 1 aromatic rings. The van der Waals surface area contributed by atoms with Gasteiger partial charge in [-0.25, -0.2) is 4.39 Å². The Labute approximate surface area is 96.9 Å².